The Balaban J connectivity index is 1.68. The third-order valence-electron chi connectivity index (χ3n) is 3.40. The first-order chi connectivity index (χ1) is 8.65. The number of fused-ring (bicyclic) bond motifs is 1. The van der Waals surface area contributed by atoms with Crippen molar-refractivity contribution in [3.63, 3.8) is 0 Å². The van der Waals surface area contributed by atoms with Gasteiger partial charge in [0.05, 0.1) is 18.1 Å². The highest BCUT2D eigenvalue weighted by atomic mass is 16.2. The molecule has 2 aliphatic rings. The number of hydrogen-bond acceptors (Lipinski definition) is 3. The Kier molecular flexibility index (Phi) is 2.43. The average molecular weight is 246 g/mol. The molecular formula is C12H14N4O2. The van der Waals surface area contributed by atoms with Crippen LogP contribution in [0, 0.1) is 0 Å². The molecule has 1 N–H and O–H groups in total. The fourth-order valence-corrected chi connectivity index (χ4v) is 2.46. The van der Waals surface area contributed by atoms with Crippen molar-refractivity contribution in [3.05, 3.63) is 24.3 Å². The Morgan fingerprint density at radius 1 is 1.61 bits per heavy atom. The minimum absolute atomic E-state index is 0.0444. The van der Waals surface area contributed by atoms with Crippen LogP contribution in [0.2, 0.25) is 0 Å². The number of nitrogens with zero attached hydrogens (tertiary/aromatic N) is 3. The molecule has 2 aliphatic heterocycles. The van der Waals surface area contributed by atoms with Gasteiger partial charge < -0.3 is 14.8 Å². The molecule has 0 unspecified atom stereocenters. The Bertz CT molecular complexity index is 534. The van der Waals surface area contributed by atoms with Crippen LogP contribution in [0.3, 0.4) is 0 Å². The average Bonchev–Trinajstić information content (AvgIpc) is 2.89. The first kappa shape index (κ1) is 11.0. The molecule has 3 rings (SSSR count). The van der Waals surface area contributed by atoms with E-state index in [9.17, 15) is 9.59 Å². The molecule has 1 aromatic rings. The minimum atomic E-state index is -0.258. The second-order valence-corrected chi connectivity index (χ2v) is 4.68. The van der Waals surface area contributed by atoms with Gasteiger partial charge in [0.1, 0.15) is 6.04 Å². The number of hydrogen-bond donors (Lipinski definition) is 1. The molecule has 18 heavy (non-hydrogen) atoms. The van der Waals surface area contributed by atoms with Crippen LogP contribution < -0.4 is 5.32 Å². The normalized spacial score (nSPS) is 26.1. The third kappa shape index (κ3) is 1.70. The summed E-state index contributed by atoms with van der Waals surface area (Å²) in [5.74, 6) is -0.167. The topological polar surface area (TPSA) is 67.2 Å². The standard InChI is InChI=1S/C12H14N4O2/c1-15-6-8(13-7-15)2-3-10(17)16-5-4-9-11(16)12(18)14-9/h2-3,6-7,9,11H,4-5H2,1H3,(H,14,18)/b3-2+/t9-,11+/m1/s1. The number of amides is 2. The van der Waals surface area contributed by atoms with Gasteiger partial charge in [0.15, 0.2) is 0 Å². The largest absolute Gasteiger partial charge is 0.349 e. The molecule has 6 nitrogen and oxygen atoms in total. The van der Waals surface area contributed by atoms with E-state index in [4.69, 9.17) is 0 Å². The van der Waals surface area contributed by atoms with Crippen molar-refractivity contribution in [2.45, 2.75) is 18.5 Å². The molecule has 0 aromatic carbocycles. The SMILES string of the molecule is Cn1cnc(/C=C/C(=O)N2CC[C@H]3NC(=O)[C@H]32)c1. The fourth-order valence-electron chi connectivity index (χ4n) is 2.46. The van der Waals surface area contributed by atoms with Gasteiger partial charge in [-0.2, -0.15) is 0 Å². The van der Waals surface area contributed by atoms with Crippen LogP contribution in [0.5, 0.6) is 0 Å². The lowest BCUT2D eigenvalue weighted by atomic mass is 10.0. The lowest BCUT2D eigenvalue weighted by Gasteiger charge is -2.35. The summed E-state index contributed by atoms with van der Waals surface area (Å²) >= 11 is 0. The Hall–Kier alpha value is -2.11. The van der Waals surface area contributed by atoms with Crippen LogP contribution in [-0.2, 0) is 16.6 Å². The van der Waals surface area contributed by atoms with Gasteiger partial charge in [-0.1, -0.05) is 0 Å². The second-order valence-electron chi connectivity index (χ2n) is 4.68. The Morgan fingerprint density at radius 3 is 3.11 bits per heavy atom. The third-order valence-corrected chi connectivity index (χ3v) is 3.40. The van der Waals surface area contributed by atoms with Crippen LogP contribution in [-0.4, -0.2) is 44.9 Å². The molecule has 94 valence electrons. The molecule has 0 saturated carbocycles. The maximum absolute atomic E-state index is 12.0. The monoisotopic (exact) mass is 246 g/mol. The second kappa shape index (κ2) is 3.97. The maximum Gasteiger partial charge on any atom is 0.247 e. The van der Waals surface area contributed by atoms with E-state index in [1.807, 2.05) is 17.8 Å². The fraction of sp³-hybridized carbons (Fsp3) is 0.417. The van der Waals surface area contributed by atoms with Crippen molar-refractivity contribution in [2.75, 3.05) is 6.54 Å². The summed E-state index contributed by atoms with van der Waals surface area (Å²) in [5.41, 5.74) is 0.736. The van der Waals surface area contributed by atoms with Crippen LogP contribution in [0.25, 0.3) is 6.08 Å². The van der Waals surface area contributed by atoms with Gasteiger partial charge in [-0.05, 0) is 12.5 Å². The molecule has 0 radical (unpaired) electrons. The number of carbonyl (C=O) groups excluding carboxylic acids is 2. The summed E-state index contributed by atoms with van der Waals surface area (Å²) in [5, 5.41) is 2.79. The minimum Gasteiger partial charge on any atom is -0.349 e. The van der Waals surface area contributed by atoms with Crippen molar-refractivity contribution in [1.29, 1.82) is 0 Å². The van der Waals surface area contributed by atoms with Crippen LogP contribution in [0.15, 0.2) is 18.6 Å². The van der Waals surface area contributed by atoms with Crippen LogP contribution in [0.4, 0.5) is 0 Å². The van der Waals surface area contributed by atoms with E-state index in [0.717, 1.165) is 12.1 Å². The summed E-state index contributed by atoms with van der Waals surface area (Å²) in [6.07, 6.45) is 7.50. The van der Waals surface area contributed by atoms with Gasteiger partial charge in [-0.3, -0.25) is 9.59 Å². The molecule has 6 heteroatoms. The van der Waals surface area contributed by atoms with Crippen molar-refractivity contribution < 1.29 is 9.59 Å². The number of rotatable bonds is 2. The smallest absolute Gasteiger partial charge is 0.247 e. The molecule has 1 aromatic heterocycles. The van der Waals surface area contributed by atoms with Gasteiger partial charge in [-0.25, -0.2) is 4.98 Å². The molecule has 2 amide bonds. The number of imidazole rings is 1. The van der Waals surface area contributed by atoms with E-state index in [0.29, 0.717) is 6.54 Å². The van der Waals surface area contributed by atoms with E-state index in [2.05, 4.69) is 10.3 Å². The molecule has 0 aliphatic carbocycles. The van der Waals surface area contributed by atoms with Crippen molar-refractivity contribution in [2.24, 2.45) is 7.05 Å². The lowest BCUT2D eigenvalue weighted by Crippen LogP contribution is -2.64. The van der Waals surface area contributed by atoms with E-state index in [1.165, 1.54) is 6.08 Å². The molecule has 0 bridgehead atoms. The zero-order valence-electron chi connectivity index (χ0n) is 10.0. The van der Waals surface area contributed by atoms with Crippen molar-refractivity contribution in [3.8, 4) is 0 Å². The van der Waals surface area contributed by atoms with Gasteiger partial charge in [0.25, 0.3) is 0 Å². The highest BCUT2D eigenvalue weighted by Gasteiger charge is 2.49. The highest BCUT2D eigenvalue weighted by molar-refractivity contribution is 5.99. The summed E-state index contributed by atoms with van der Waals surface area (Å²) in [6.45, 7) is 0.638. The van der Waals surface area contributed by atoms with Gasteiger partial charge in [-0.15, -0.1) is 0 Å². The van der Waals surface area contributed by atoms with Gasteiger partial charge in [0, 0.05) is 25.9 Å². The number of likely N-dealkylation sites (tertiary alicyclic amines) is 1. The zero-order valence-corrected chi connectivity index (χ0v) is 10.0. The number of aryl methyl sites for hydroxylation is 1. The van der Waals surface area contributed by atoms with E-state index in [1.54, 1.807) is 17.3 Å². The summed E-state index contributed by atoms with van der Waals surface area (Å²) in [4.78, 5) is 29.1. The van der Waals surface area contributed by atoms with Crippen molar-refractivity contribution >= 4 is 17.9 Å². The number of β-lactam (4-membered cyclic amide) rings is 1. The Labute approximate surface area is 104 Å². The first-order valence-corrected chi connectivity index (χ1v) is 5.92. The van der Waals surface area contributed by atoms with E-state index >= 15 is 0 Å². The molecule has 0 spiro atoms. The quantitative estimate of drug-likeness (QED) is 0.567. The van der Waals surface area contributed by atoms with Crippen LogP contribution >= 0.6 is 0 Å². The first-order valence-electron chi connectivity index (χ1n) is 5.92. The van der Waals surface area contributed by atoms with E-state index in [-0.39, 0.29) is 23.9 Å². The number of nitrogens with one attached hydrogen (secondary N) is 1. The Morgan fingerprint density at radius 2 is 2.44 bits per heavy atom. The number of aromatic nitrogens is 2. The zero-order chi connectivity index (χ0) is 12.7. The van der Waals surface area contributed by atoms with Gasteiger partial charge >= 0.3 is 0 Å². The molecule has 2 atom stereocenters. The molecular weight excluding hydrogens is 232 g/mol. The highest BCUT2D eigenvalue weighted by Crippen LogP contribution is 2.25. The summed E-state index contributed by atoms with van der Waals surface area (Å²) in [6, 6.07) is -0.101. The molecule has 2 saturated heterocycles. The molecule has 2 fully saturated rings. The summed E-state index contributed by atoms with van der Waals surface area (Å²) in [7, 11) is 1.87. The maximum atomic E-state index is 12.0. The molecule has 3 heterocycles. The van der Waals surface area contributed by atoms with Crippen LogP contribution in [0.1, 0.15) is 12.1 Å². The predicted octanol–water partition coefficient (Wildman–Crippen LogP) is -0.467. The van der Waals surface area contributed by atoms with E-state index < -0.39 is 0 Å². The van der Waals surface area contributed by atoms with Crippen molar-refractivity contribution in [1.82, 2.24) is 19.8 Å². The van der Waals surface area contributed by atoms with Gasteiger partial charge in [0.2, 0.25) is 11.8 Å². The summed E-state index contributed by atoms with van der Waals surface area (Å²) < 4.78 is 1.81. The lowest BCUT2D eigenvalue weighted by molar-refractivity contribution is -0.141. The number of carbonyl (C=O) groups is 2. The predicted molar refractivity (Wildman–Crippen MR) is 64.3 cm³/mol.